The molecular weight excluding hydrogens is 387 g/mol. The molecule has 2 nitrogen and oxygen atoms in total. The molecule has 1 heterocycles. The lowest BCUT2D eigenvalue weighted by molar-refractivity contribution is 0.543. The highest BCUT2D eigenvalue weighted by Gasteiger charge is 2.15. The third kappa shape index (κ3) is 3.87. The van der Waals surface area contributed by atoms with Crippen LogP contribution in [0.4, 0.5) is 4.39 Å². The van der Waals surface area contributed by atoms with Gasteiger partial charge in [-0.1, -0.05) is 19.1 Å². The van der Waals surface area contributed by atoms with Crippen molar-refractivity contribution in [2.24, 2.45) is 0 Å². The van der Waals surface area contributed by atoms with Crippen LogP contribution in [0.15, 0.2) is 45.6 Å². The summed E-state index contributed by atoms with van der Waals surface area (Å²) in [5.41, 5.74) is 2.02. The molecule has 1 aromatic carbocycles. The number of nitrogens with one attached hydrogen (secondary N) is 1. The fraction of sp³-hybridized carbons (Fsp3) is 0.267. The molecule has 0 spiro atoms. The third-order valence-electron chi connectivity index (χ3n) is 3.03. The highest BCUT2D eigenvalue weighted by atomic mass is 79.9. The lowest BCUT2D eigenvalue weighted by Gasteiger charge is -2.19. The minimum Gasteiger partial charge on any atom is -0.310 e. The Morgan fingerprint density at radius 2 is 2.10 bits per heavy atom. The number of likely N-dealkylation sites (N-methyl/N-ethyl adjacent to an activating group) is 1. The van der Waals surface area contributed by atoms with Gasteiger partial charge < -0.3 is 5.32 Å². The van der Waals surface area contributed by atoms with E-state index in [0.717, 1.165) is 22.1 Å². The van der Waals surface area contributed by atoms with E-state index in [2.05, 4.69) is 49.1 Å². The predicted octanol–water partition coefficient (Wildman–Crippen LogP) is 4.64. The minimum absolute atomic E-state index is 0.100. The number of hydrogen-bond acceptors (Lipinski definition) is 2. The zero-order chi connectivity index (χ0) is 14.5. The molecule has 0 aliphatic carbocycles. The summed E-state index contributed by atoms with van der Waals surface area (Å²) >= 11 is 6.75. The van der Waals surface area contributed by atoms with E-state index in [-0.39, 0.29) is 11.9 Å². The summed E-state index contributed by atoms with van der Waals surface area (Å²) in [4.78, 5) is 4.20. The van der Waals surface area contributed by atoms with Crippen LogP contribution in [0.25, 0.3) is 0 Å². The van der Waals surface area contributed by atoms with Gasteiger partial charge in [0, 0.05) is 22.9 Å². The zero-order valence-electron chi connectivity index (χ0n) is 11.0. The molecular formula is C15H15Br2FN2. The van der Waals surface area contributed by atoms with Crippen LogP contribution in [0, 0.1) is 5.82 Å². The molecule has 0 fully saturated rings. The molecule has 1 atom stereocenters. The Balaban J connectivity index is 2.28. The van der Waals surface area contributed by atoms with Crippen molar-refractivity contribution in [3.8, 4) is 0 Å². The van der Waals surface area contributed by atoms with Gasteiger partial charge >= 0.3 is 0 Å². The van der Waals surface area contributed by atoms with Crippen LogP contribution in [-0.2, 0) is 6.42 Å². The van der Waals surface area contributed by atoms with E-state index in [1.54, 1.807) is 12.3 Å². The number of rotatable bonds is 5. The van der Waals surface area contributed by atoms with Crippen LogP contribution in [0.2, 0.25) is 0 Å². The highest BCUT2D eigenvalue weighted by molar-refractivity contribution is 9.10. The van der Waals surface area contributed by atoms with Gasteiger partial charge in [-0.2, -0.15) is 0 Å². The monoisotopic (exact) mass is 400 g/mol. The first kappa shape index (κ1) is 15.6. The topological polar surface area (TPSA) is 24.9 Å². The van der Waals surface area contributed by atoms with E-state index >= 15 is 0 Å². The zero-order valence-corrected chi connectivity index (χ0v) is 14.2. The quantitative estimate of drug-likeness (QED) is 0.789. The van der Waals surface area contributed by atoms with Gasteiger partial charge in [0.15, 0.2) is 0 Å². The summed E-state index contributed by atoms with van der Waals surface area (Å²) < 4.78 is 15.1. The van der Waals surface area contributed by atoms with Crippen LogP contribution in [0.3, 0.4) is 0 Å². The van der Waals surface area contributed by atoms with Crippen molar-refractivity contribution in [1.82, 2.24) is 10.3 Å². The molecule has 0 aliphatic heterocycles. The maximum absolute atomic E-state index is 13.6. The number of hydrogen-bond donors (Lipinski definition) is 1. The minimum atomic E-state index is -0.231. The van der Waals surface area contributed by atoms with Crippen LogP contribution < -0.4 is 5.32 Å². The summed E-state index contributed by atoms with van der Waals surface area (Å²) in [6.45, 7) is 2.89. The summed E-state index contributed by atoms with van der Waals surface area (Å²) in [6, 6.07) is 7.26. The molecule has 20 heavy (non-hydrogen) atoms. The summed E-state index contributed by atoms with van der Waals surface area (Å²) in [7, 11) is 0. The largest absolute Gasteiger partial charge is 0.310 e. The molecule has 1 N–H and O–H groups in total. The van der Waals surface area contributed by atoms with Crippen LogP contribution in [-0.4, -0.2) is 11.5 Å². The van der Waals surface area contributed by atoms with E-state index in [0.29, 0.717) is 10.9 Å². The number of benzene rings is 1. The number of nitrogens with zero attached hydrogens (tertiary/aromatic N) is 1. The number of aromatic nitrogens is 1. The highest BCUT2D eigenvalue weighted by Crippen LogP contribution is 2.26. The molecule has 0 radical (unpaired) electrons. The standard InChI is InChI=1S/C15H15Br2FN2/c1-2-20-14(11-6-12(16)9-19-8-11)7-10-4-3-5-13(18)15(10)17/h3-6,8-9,14,20H,2,7H2,1H3. The molecule has 0 saturated heterocycles. The van der Waals surface area contributed by atoms with E-state index < -0.39 is 0 Å². The molecule has 0 aliphatic rings. The number of pyridine rings is 1. The molecule has 1 aromatic heterocycles. The van der Waals surface area contributed by atoms with Gasteiger partial charge in [-0.15, -0.1) is 0 Å². The van der Waals surface area contributed by atoms with E-state index in [1.807, 2.05) is 18.3 Å². The fourth-order valence-corrected chi connectivity index (χ4v) is 2.91. The van der Waals surface area contributed by atoms with Crippen LogP contribution in [0.5, 0.6) is 0 Å². The van der Waals surface area contributed by atoms with Crippen molar-refractivity contribution in [2.75, 3.05) is 6.54 Å². The van der Waals surface area contributed by atoms with Crippen LogP contribution >= 0.6 is 31.9 Å². The average Bonchev–Trinajstić information content (AvgIpc) is 2.43. The Morgan fingerprint density at radius 1 is 1.30 bits per heavy atom. The Morgan fingerprint density at radius 3 is 2.80 bits per heavy atom. The smallest absolute Gasteiger partial charge is 0.137 e. The molecule has 106 valence electrons. The van der Waals surface area contributed by atoms with Crippen molar-refractivity contribution < 1.29 is 4.39 Å². The van der Waals surface area contributed by atoms with E-state index in [1.165, 1.54) is 6.07 Å². The first-order valence-corrected chi connectivity index (χ1v) is 7.97. The van der Waals surface area contributed by atoms with Crippen molar-refractivity contribution >= 4 is 31.9 Å². The van der Waals surface area contributed by atoms with E-state index in [9.17, 15) is 4.39 Å². The lowest BCUT2D eigenvalue weighted by atomic mass is 10.00. The number of halogens is 3. The Kier molecular flexibility index (Phi) is 5.69. The SMILES string of the molecule is CCNC(Cc1cccc(F)c1Br)c1cncc(Br)c1. The first-order chi connectivity index (χ1) is 9.61. The van der Waals surface area contributed by atoms with Crippen molar-refractivity contribution in [3.05, 3.63) is 62.5 Å². The first-order valence-electron chi connectivity index (χ1n) is 6.38. The average molecular weight is 402 g/mol. The maximum Gasteiger partial charge on any atom is 0.137 e. The molecule has 0 bridgehead atoms. The molecule has 2 rings (SSSR count). The van der Waals surface area contributed by atoms with Crippen LogP contribution in [0.1, 0.15) is 24.1 Å². The van der Waals surface area contributed by atoms with Gasteiger partial charge in [-0.3, -0.25) is 4.98 Å². The van der Waals surface area contributed by atoms with Gasteiger partial charge in [0.05, 0.1) is 4.47 Å². The molecule has 2 aromatic rings. The van der Waals surface area contributed by atoms with Gasteiger partial charge in [0.1, 0.15) is 5.82 Å². The molecule has 1 unspecified atom stereocenters. The maximum atomic E-state index is 13.6. The fourth-order valence-electron chi connectivity index (χ4n) is 2.10. The molecule has 5 heteroatoms. The third-order valence-corrected chi connectivity index (χ3v) is 4.36. The second-order valence-electron chi connectivity index (χ2n) is 4.46. The Labute approximate surface area is 135 Å². The predicted molar refractivity (Wildman–Crippen MR) is 86.2 cm³/mol. The normalized spacial score (nSPS) is 12.4. The Bertz CT molecular complexity index is 590. The van der Waals surface area contributed by atoms with Gasteiger partial charge in [-0.05, 0) is 68.1 Å². The van der Waals surface area contributed by atoms with Gasteiger partial charge in [0.25, 0.3) is 0 Å². The van der Waals surface area contributed by atoms with Crippen molar-refractivity contribution in [2.45, 2.75) is 19.4 Å². The van der Waals surface area contributed by atoms with Gasteiger partial charge in [0.2, 0.25) is 0 Å². The van der Waals surface area contributed by atoms with Gasteiger partial charge in [-0.25, -0.2) is 4.39 Å². The molecule has 0 saturated carbocycles. The van der Waals surface area contributed by atoms with Crippen molar-refractivity contribution in [1.29, 1.82) is 0 Å². The molecule has 0 amide bonds. The Hall–Kier alpha value is -0.780. The van der Waals surface area contributed by atoms with Crippen molar-refractivity contribution in [3.63, 3.8) is 0 Å². The summed E-state index contributed by atoms with van der Waals surface area (Å²) in [5, 5.41) is 3.42. The summed E-state index contributed by atoms with van der Waals surface area (Å²) in [6.07, 6.45) is 4.29. The lowest BCUT2D eigenvalue weighted by Crippen LogP contribution is -2.23. The second kappa shape index (κ2) is 7.29. The summed E-state index contributed by atoms with van der Waals surface area (Å²) in [5.74, 6) is -0.231. The van der Waals surface area contributed by atoms with E-state index in [4.69, 9.17) is 0 Å². The second-order valence-corrected chi connectivity index (χ2v) is 6.17.